The van der Waals surface area contributed by atoms with E-state index in [4.69, 9.17) is 5.73 Å². The average molecular weight is 130 g/mol. The summed E-state index contributed by atoms with van der Waals surface area (Å²) in [7, 11) is 0. The van der Waals surface area contributed by atoms with Crippen molar-refractivity contribution in [1.82, 2.24) is 5.32 Å². The Kier molecular flexibility index (Phi) is 2.05. The van der Waals surface area contributed by atoms with Gasteiger partial charge in [-0.2, -0.15) is 0 Å². The number of aliphatic hydroxyl groups is 1. The van der Waals surface area contributed by atoms with Crippen molar-refractivity contribution in [3.8, 4) is 0 Å². The summed E-state index contributed by atoms with van der Waals surface area (Å²) in [6, 6.07) is 0. The fourth-order valence-electron chi connectivity index (χ4n) is 1.13. The Bertz CT molecular complexity index is 89.1. The summed E-state index contributed by atoms with van der Waals surface area (Å²) in [5.41, 5.74) is 4.73. The van der Waals surface area contributed by atoms with E-state index in [2.05, 4.69) is 5.32 Å². The van der Waals surface area contributed by atoms with E-state index in [1.807, 2.05) is 0 Å². The van der Waals surface area contributed by atoms with Gasteiger partial charge in [0.15, 0.2) is 0 Å². The van der Waals surface area contributed by atoms with Crippen LogP contribution in [-0.2, 0) is 0 Å². The van der Waals surface area contributed by atoms with Crippen molar-refractivity contribution in [2.45, 2.75) is 18.4 Å². The molecule has 9 heavy (non-hydrogen) atoms. The van der Waals surface area contributed by atoms with Crippen molar-refractivity contribution >= 4 is 0 Å². The predicted octanol–water partition coefficient (Wildman–Crippen LogP) is -0.940. The third-order valence-electron chi connectivity index (χ3n) is 1.83. The zero-order chi connectivity index (χ0) is 6.74. The highest BCUT2D eigenvalue weighted by atomic mass is 16.3. The minimum atomic E-state index is -0.613. The van der Waals surface area contributed by atoms with Gasteiger partial charge in [-0.15, -0.1) is 0 Å². The summed E-state index contributed by atoms with van der Waals surface area (Å²) in [6.07, 6.45) is 1.88. The quantitative estimate of drug-likeness (QED) is 0.429. The average Bonchev–Trinajstić information content (AvgIpc) is 1.90. The van der Waals surface area contributed by atoms with Crippen LogP contribution >= 0.6 is 0 Å². The van der Waals surface area contributed by atoms with Crippen molar-refractivity contribution in [1.29, 1.82) is 0 Å². The number of hydrogen-bond donors (Lipinski definition) is 3. The zero-order valence-corrected chi connectivity index (χ0v) is 5.56. The highest BCUT2D eigenvalue weighted by Gasteiger charge is 2.26. The lowest BCUT2D eigenvalue weighted by molar-refractivity contribution is 0.0252. The maximum absolute atomic E-state index is 9.49. The fraction of sp³-hybridized carbons (Fsp3) is 1.00. The molecule has 0 aromatic rings. The number of piperidine rings is 1. The first kappa shape index (κ1) is 6.99. The monoisotopic (exact) mass is 130 g/mol. The second-order valence-electron chi connectivity index (χ2n) is 2.71. The van der Waals surface area contributed by atoms with E-state index < -0.39 is 5.60 Å². The van der Waals surface area contributed by atoms with Crippen LogP contribution in [-0.4, -0.2) is 30.3 Å². The van der Waals surface area contributed by atoms with Gasteiger partial charge in [-0.05, 0) is 19.4 Å². The third kappa shape index (κ3) is 1.64. The molecule has 0 amide bonds. The second kappa shape index (κ2) is 2.64. The van der Waals surface area contributed by atoms with Gasteiger partial charge in [0.1, 0.15) is 0 Å². The third-order valence-corrected chi connectivity index (χ3v) is 1.83. The molecular weight excluding hydrogens is 116 g/mol. The molecule has 1 atom stereocenters. The Morgan fingerprint density at radius 3 is 2.78 bits per heavy atom. The highest BCUT2D eigenvalue weighted by molar-refractivity contribution is 4.85. The molecule has 0 aromatic heterocycles. The fourth-order valence-corrected chi connectivity index (χ4v) is 1.13. The molecule has 4 N–H and O–H groups in total. The standard InChI is InChI=1S/C6H14N2O/c7-4-6(9)2-1-3-8-5-6/h8-9H,1-5,7H2. The molecule has 1 aliphatic heterocycles. The van der Waals surface area contributed by atoms with E-state index in [0.29, 0.717) is 13.1 Å². The number of hydrogen-bond acceptors (Lipinski definition) is 3. The Morgan fingerprint density at radius 2 is 2.44 bits per heavy atom. The molecule has 3 heteroatoms. The molecular formula is C6H14N2O. The van der Waals surface area contributed by atoms with Gasteiger partial charge < -0.3 is 16.2 Å². The summed E-state index contributed by atoms with van der Waals surface area (Å²) < 4.78 is 0. The smallest absolute Gasteiger partial charge is 0.0893 e. The molecule has 1 saturated heterocycles. The van der Waals surface area contributed by atoms with Crippen LogP contribution < -0.4 is 11.1 Å². The van der Waals surface area contributed by atoms with Gasteiger partial charge in [0, 0.05) is 13.1 Å². The van der Waals surface area contributed by atoms with E-state index in [1.165, 1.54) is 0 Å². The molecule has 1 unspecified atom stereocenters. The normalized spacial score (nSPS) is 36.7. The van der Waals surface area contributed by atoms with Gasteiger partial charge in [0.05, 0.1) is 5.60 Å². The van der Waals surface area contributed by atoms with Crippen LogP contribution in [0.5, 0.6) is 0 Å². The lowest BCUT2D eigenvalue weighted by Gasteiger charge is -2.30. The molecule has 1 aliphatic rings. The highest BCUT2D eigenvalue weighted by Crippen LogP contribution is 2.12. The van der Waals surface area contributed by atoms with Gasteiger partial charge >= 0.3 is 0 Å². The predicted molar refractivity (Wildman–Crippen MR) is 36.1 cm³/mol. The summed E-state index contributed by atoms with van der Waals surface area (Å²) in [6.45, 7) is 2.05. The maximum atomic E-state index is 9.49. The van der Waals surface area contributed by atoms with E-state index in [0.717, 1.165) is 19.4 Å². The minimum absolute atomic E-state index is 0.375. The molecule has 3 nitrogen and oxygen atoms in total. The van der Waals surface area contributed by atoms with E-state index in [-0.39, 0.29) is 0 Å². The number of nitrogens with one attached hydrogen (secondary N) is 1. The van der Waals surface area contributed by atoms with Crippen molar-refractivity contribution in [3.63, 3.8) is 0 Å². The largest absolute Gasteiger partial charge is 0.387 e. The summed E-state index contributed by atoms with van der Waals surface area (Å²) >= 11 is 0. The first-order valence-electron chi connectivity index (χ1n) is 3.40. The minimum Gasteiger partial charge on any atom is -0.387 e. The van der Waals surface area contributed by atoms with Gasteiger partial charge in [0.2, 0.25) is 0 Å². The molecule has 54 valence electrons. The van der Waals surface area contributed by atoms with Gasteiger partial charge in [0.25, 0.3) is 0 Å². The molecule has 1 heterocycles. The Balaban J connectivity index is 2.37. The number of nitrogens with two attached hydrogens (primary N) is 1. The van der Waals surface area contributed by atoms with Gasteiger partial charge in [-0.25, -0.2) is 0 Å². The molecule has 0 bridgehead atoms. The molecule has 0 saturated carbocycles. The lowest BCUT2D eigenvalue weighted by Crippen LogP contribution is -2.50. The van der Waals surface area contributed by atoms with E-state index in [9.17, 15) is 5.11 Å². The molecule has 0 aliphatic carbocycles. The van der Waals surface area contributed by atoms with Crippen LogP contribution in [0.1, 0.15) is 12.8 Å². The van der Waals surface area contributed by atoms with Gasteiger partial charge in [-0.1, -0.05) is 0 Å². The summed E-state index contributed by atoms with van der Waals surface area (Å²) in [5.74, 6) is 0. The molecule has 1 fully saturated rings. The maximum Gasteiger partial charge on any atom is 0.0893 e. The van der Waals surface area contributed by atoms with Crippen LogP contribution in [0.2, 0.25) is 0 Å². The lowest BCUT2D eigenvalue weighted by atomic mass is 9.95. The SMILES string of the molecule is NCC1(O)CCCNC1. The zero-order valence-electron chi connectivity index (χ0n) is 5.56. The Labute approximate surface area is 55.2 Å². The first-order chi connectivity index (χ1) is 4.27. The molecule has 1 rings (SSSR count). The second-order valence-corrected chi connectivity index (χ2v) is 2.71. The summed E-state index contributed by atoms with van der Waals surface area (Å²) in [4.78, 5) is 0. The number of β-amino-alcohol motifs (C(OH)–C–C–N with tert-alkyl or cyclic N) is 1. The van der Waals surface area contributed by atoms with Crippen molar-refractivity contribution < 1.29 is 5.11 Å². The van der Waals surface area contributed by atoms with Crippen LogP contribution in [0.4, 0.5) is 0 Å². The van der Waals surface area contributed by atoms with E-state index >= 15 is 0 Å². The van der Waals surface area contributed by atoms with Crippen LogP contribution in [0.3, 0.4) is 0 Å². The van der Waals surface area contributed by atoms with Crippen molar-refractivity contribution in [2.24, 2.45) is 5.73 Å². The molecule has 0 aromatic carbocycles. The van der Waals surface area contributed by atoms with E-state index in [1.54, 1.807) is 0 Å². The Morgan fingerprint density at radius 1 is 1.67 bits per heavy atom. The number of rotatable bonds is 1. The van der Waals surface area contributed by atoms with Crippen molar-refractivity contribution in [2.75, 3.05) is 19.6 Å². The van der Waals surface area contributed by atoms with Crippen molar-refractivity contribution in [3.05, 3.63) is 0 Å². The van der Waals surface area contributed by atoms with Crippen LogP contribution in [0.15, 0.2) is 0 Å². The topological polar surface area (TPSA) is 58.3 Å². The molecule has 0 radical (unpaired) electrons. The van der Waals surface area contributed by atoms with Crippen LogP contribution in [0.25, 0.3) is 0 Å². The first-order valence-corrected chi connectivity index (χ1v) is 3.40. The van der Waals surface area contributed by atoms with Gasteiger partial charge in [-0.3, -0.25) is 0 Å². The summed E-state index contributed by atoms with van der Waals surface area (Å²) in [5, 5.41) is 12.6. The van der Waals surface area contributed by atoms with Crippen LogP contribution in [0, 0.1) is 0 Å². The Hall–Kier alpha value is -0.120. The molecule has 0 spiro atoms.